The second-order valence-electron chi connectivity index (χ2n) is 4.86. The smallest absolute Gasteiger partial charge is 0.156 e. The maximum atomic E-state index is 11.3. The second kappa shape index (κ2) is 5.21. The van der Waals surface area contributed by atoms with Gasteiger partial charge in [0.25, 0.3) is 0 Å². The van der Waals surface area contributed by atoms with Crippen LogP contribution in [0.1, 0.15) is 27.3 Å². The number of halogens is 1. The summed E-state index contributed by atoms with van der Waals surface area (Å²) in [7, 11) is 0. The van der Waals surface area contributed by atoms with Gasteiger partial charge >= 0.3 is 0 Å². The van der Waals surface area contributed by atoms with E-state index in [-0.39, 0.29) is 5.15 Å². The van der Waals surface area contributed by atoms with Crippen molar-refractivity contribution in [2.24, 2.45) is 0 Å². The lowest BCUT2D eigenvalue weighted by molar-refractivity contribution is 0.112. The Labute approximate surface area is 122 Å². The number of carbonyl (C=O) groups excluding carboxylic acids is 1. The van der Waals surface area contributed by atoms with Crippen LogP contribution in [-0.4, -0.2) is 22.8 Å². The normalized spacial score (nSPS) is 14.0. The van der Waals surface area contributed by atoms with Crippen molar-refractivity contribution in [3.63, 3.8) is 0 Å². The molecule has 20 heavy (non-hydrogen) atoms. The fourth-order valence-electron chi connectivity index (χ4n) is 2.55. The summed E-state index contributed by atoms with van der Waals surface area (Å²) in [6.07, 6.45) is 1.67. The average Bonchev–Trinajstić information content (AvgIpc) is 2.46. The van der Waals surface area contributed by atoms with Gasteiger partial charge in [-0.05, 0) is 24.5 Å². The maximum absolute atomic E-state index is 11.3. The van der Waals surface area contributed by atoms with E-state index in [1.54, 1.807) is 6.92 Å². The number of benzene rings is 1. The van der Waals surface area contributed by atoms with Crippen LogP contribution in [-0.2, 0) is 13.0 Å². The van der Waals surface area contributed by atoms with Gasteiger partial charge in [-0.2, -0.15) is 0 Å². The zero-order valence-corrected chi connectivity index (χ0v) is 11.9. The first kappa shape index (κ1) is 13.1. The zero-order valence-electron chi connectivity index (χ0n) is 11.1. The second-order valence-corrected chi connectivity index (χ2v) is 5.22. The fraction of sp³-hybridized carbons (Fsp3) is 0.267. The molecule has 1 aliphatic heterocycles. The van der Waals surface area contributed by atoms with Gasteiger partial charge < -0.3 is 4.90 Å². The summed E-state index contributed by atoms with van der Waals surface area (Å²) >= 11 is 6.05. The number of aldehydes is 1. The Balaban J connectivity index is 2.01. The number of nitrogens with zero attached hydrogens (tertiary/aromatic N) is 3. The number of aryl methyl sites for hydroxylation is 1. The molecule has 2 heterocycles. The molecule has 0 atom stereocenters. The minimum atomic E-state index is 0.223. The summed E-state index contributed by atoms with van der Waals surface area (Å²) in [5.74, 6) is 1.21. The van der Waals surface area contributed by atoms with Gasteiger partial charge in [0.2, 0.25) is 0 Å². The molecule has 0 unspecified atom stereocenters. The fourth-order valence-corrected chi connectivity index (χ4v) is 2.80. The van der Waals surface area contributed by atoms with E-state index in [4.69, 9.17) is 11.6 Å². The number of anilines is 1. The summed E-state index contributed by atoms with van der Waals surface area (Å²) in [4.78, 5) is 21.8. The lowest BCUT2D eigenvalue weighted by Crippen LogP contribution is -2.32. The lowest BCUT2D eigenvalue weighted by atomic mass is 10.00. The van der Waals surface area contributed by atoms with E-state index < -0.39 is 0 Å². The number of aromatic nitrogens is 2. The van der Waals surface area contributed by atoms with Crippen LogP contribution in [0.2, 0.25) is 5.15 Å². The van der Waals surface area contributed by atoms with Crippen molar-refractivity contribution in [3.8, 4) is 0 Å². The zero-order chi connectivity index (χ0) is 14.1. The predicted molar refractivity (Wildman–Crippen MR) is 78.4 cm³/mol. The first-order valence-corrected chi connectivity index (χ1v) is 6.88. The van der Waals surface area contributed by atoms with Crippen molar-refractivity contribution < 1.29 is 4.79 Å². The van der Waals surface area contributed by atoms with Gasteiger partial charge in [0.15, 0.2) is 6.29 Å². The van der Waals surface area contributed by atoms with Crippen LogP contribution < -0.4 is 4.90 Å². The van der Waals surface area contributed by atoms with Crippen LogP contribution in [0.4, 0.5) is 5.82 Å². The maximum Gasteiger partial charge on any atom is 0.156 e. The molecule has 1 aromatic carbocycles. The molecule has 0 saturated carbocycles. The van der Waals surface area contributed by atoms with Crippen molar-refractivity contribution in [2.75, 3.05) is 11.4 Å². The van der Waals surface area contributed by atoms with Gasteiger partial charge in [-0.1, -0.05) is 35.9 Å². The Morgan fingerprint density at radius 2 is 2.00 bits per heavy atom. The largest absolute Gasteiger partial charge is 0.351 e. The van der Waals surface area contributed by atoms with E-state index in [0.717, 1.165) is 25.8 Å². The van der Waals surface area contributed by atoms with Crippen LogP contribution in [0.3, 0.4) is 0 Å². The Hall–Kier alpha value is -1.94. The lowest BCUT2D eigenvalue weighted by Gasteiger charge is -2.30. The highest BCUT2D eigenvalue weighted by Crippen LogP contribution is 2.27. The Kier molecular flexibility index (Phi) is 3.40. The monoisotopic (exact) mass is 287 g/mol. The van der Waals surface area contributed by atoms with Gasteiger partial charge in [-0.3, -0.25) is 4.79 Å². The highest BCUT2D eigenvalue weighted by molar-refractivity contribution is 6.32. The van der Waals surface area contributed by atoms with E-state index >= 15 is 0 Å². The number of rotatable bonds is 2. The molecular formula is C15H14ClN3O. The van der Waals surface area contributed by atoms with E-state index in [9.17, 15) is 4.79 Å². The minimum absolute atomic E-state index is 0.223. The molecular weight excluding hydrogens is 274 g/mol. The summed E-state index contributed by atoms with van der Waals surface area (Å²) < 4.78 is 0. The van der Waals surface area contributed by atoms with E-state index in [1.165, 1.54) is 11.1 Å². The minimum Gasteiger partial charge on any atom is -0.351 e. The van der Waals surface area contributed by atoms with Gasteiger partial charge in [-0.15, -0.1) is 0 Å². The molecule has 102 valence electrons. The third kappa shape index (κ3) is 2.27. The first-order valence-electron chi connectivity index (χ1n) is 6.50. The molecule has 1 aliphatic rings. The van der Waals surface area contributed by atoms with Crippen LogP contribution in [0, 0.1) is 6.92 Å². The standard InChI is InChI=1S/C15H14ClN3O/c1-10-17-14(16)13(9-20)15(18-10)19-7-6-11-4-2-3-5-12(11)8-19/h2-5,9H,6-8H2,1H3. The highest BCUT2D eigenvalue weighted by atomic mass is 35.5. The average molecular weight is 288 g/mol. The summed E-state index contributed by atoms with van der Waals surface area (Å²) in [5, 5.41) is 0.223. The molecule has 3 rings (SSSR count). The third-order valence-electron chi connectivity index (χ3n) is 3.54. The summed E-state index contributed by atoms with van der Waals surface area (Å²) in [5.41, 5.74) is 2.99. The molecule has 0 bridgehead atoms. The number of fused-ring (bicyclic) bond motifs is 1. The molecule has 0 spiro atoms. The first-order chi connectivity index (χ1) is 9.69. The van der Waals surface area contributed by atoms with Gasteiger partial charge in [0, 0.05) is 13.1 Å². The Morgan fingerprint density at radius 1 is 1.25 bits per heavy atom. The van der Waals surface area contributed by atoms with Crippen LogP contribution in [0.5, 0.6) is 0 Å². The van der Waals surface area contributed by atoms with Crippen molar-refractivity contribution in [1.82, 2.24) is 9.97 Å². The molecule has 5 heteroatoms. The van der Waals surface area contributed by atoms with Crippen molar-refractivity contribution in [2.45, 2.75) is 19.9 Å². The molecule has 0 aliphatic carbocycles. The van der Waals surface area contributed by atoms with Crippen molar-refractivity contribution >= 4 is 23.7 Å². The van der Waals surface area contributed by atoms with E-state index in [0.29, 0.717) is 17.2 Å². The summed E-state index contributed by atoms with van der Waals surface area (Å²) in [6, 6.07) is 8.33. The Bertz CT molecular complexity index is 672. The molecule has 0 radical (unpaired) electrons. The molecule has 0 fully saturated rings. The number of hydrogen-bond donors (Lipinski definition) is 0. The SMILES string of the molecule is Cc1nc(Cl)c(C=O)c(N2CCc3ccccc3C2)n1. The van der Waals surface area contributed by atoms with Crippen LogP contribution in [0.15, 0.2) is 24.3 Å². The van der Waals surface area contributed by atoms with Gasteiger partial charge in [0.1, 0.15) is 16.8 Å². The summed E-state index contributed by atoms with van der Waals surface area (Å²) in [6.45, 7) is 3.34. The third-order valence-corrected chi connectivity index (χ3v) is 3.83. The van der Waals surface area contributed by atoms with Crippen LogP contribution >= 0.6 is 11.6 Å². The number of hydrogen-bond acceptors (Lipinski definition) is 4. The Morgan fingerprint density at radius 3 is 2.75 bits per heavy atom. The molecule has 2 aromatic rings. The predicted octanol–water partition coefficient (Wildman–Crippen LogP) is 2.81. The van der Waals surface area contributed by atoms with Crippen LogP contribution in [0.25, 0.3) is 0 Å². The van der Waals surface area contributed by atoms with Crippen molar-refractivity contribution in [1.29, 1.82) is 0 Å². The highest BCUT2D eigenvalue weighted by Gasteiger charge is 2.21. The molecule has 1 aromatic heterocycles. The molecule has 0 N–H and O–H groups in total. The topological polar surface area (TPSA) is 46.1 Å². The van der Waals surface area contributed by atoms with E-state index in [2.05, 4.69) is 33.1 Å². The number of carbonyl (C=O) groups is 1. The van der Waals surface area contributed by atoms with Crippen molar-refractivity contribution in [3.05, 3.63) is 51.9 Å². The van der Waals surface area contributed by atoms with E-state index in [1.807, 2.05) is 6.07 Å². The molecule has 0 saturated heterocycles. The molecule has 4 nitrogen and oxygen atoms in total. The molecule has 0 amide bonds. The van der Waals surface area contributed by atoms with Gasteiger partial charge in [0.05, 0.1) is 5.56 Å². The quantitative estimate of drug-likeness (QED) is 0.629. The van der Waals surface area contributed by atoms with Gasteiger partial charge in [-0.25, -0.2) is 9.97 Å².